The lowest BCUT2D eigenvalue weighted by atomic mass is 9.80. The van der Waals surface area contributed by atoms with Crippen LogP contribution in [-0.2, 0) is 20.7 Å². The van der Waals surface area contributed by atoms with Gasteiger partial charge in [0.25, 0.3) is 0 Å². The summed E-state index contributed by atoms with van der Waals surface area (Å²) in [6.45, 7) is 4.52. The first-order chi connectivity index (χ1) is 14.5. The number of benzene rings is 2. The van der Waals surface area contributed by atoms with Gasteiger partial charge in [-0.15, -0.1) is 0 Å². The number of aryl methyl sites for hydroxylation is 2. The Bertz CT molecular complexity index is 914. The van der Waals surface area contributed by atoms with Crippen molar-refractivity contribution in [3.8, 4) is 5.75 Å². The summed E-state index contributed by atoms with van der Waals surface area (Å²) in [6.07, 6.45) is 4.68. The summed E-state index contributed by atoms with van der Waals surface area (Å²) in [5.74, 6) is 0.711. The van der Waals surface area contributed by atoms with Crippen LogP contribution in [0.2, 0.25) is 5.02 Å². The second-order valence-electron chi connectivity index (χ2n) is 8.14. The van der Waals surface area contributed by atoms with Gasteiger partial charge < -0.3 is 14.2 Å². The largest absolute Gasteiger partial charge is 0.493 e. The number of carbonyl (C=O) groups excluding carboxylic acids is 1. The third-order valence-electron chi connectivity index (χ3n) is 5.90. The number of ketones is 1. The Kier molecular flexibility index (Phi) is 6.45. The molecule has 0 N–H and O–H groups in total. The van der Waals surface area contributed by atoms with E-state index < -0.39 is 0 Å². The van der Waals surface area contributed by atoms with Gasteiger partial charge in [-0.25, -0.2) is 0 Å². The second-order valence-corrected chi connectivity index (χ2v) is 8.52. The van der Waals surface area contributed by atoms with Gasteiger partial charge in [-0.1, -0.05) is 41.9 Å². The highest BCUT2D eigenvalue weighted by Crippen LogP contribution is 2.36. The number of allylic oxidation sites excluding steroid dienone is 1. The van der Waals surface area contributed by atoms with Crippen molar-refractivity contribution in [3.63, 3.8) is 0 Å². The molecule has 3 atom stereocenters. The van der Waals surface area contributed by atoms with Crippen LogP contribution in [0.3, 0.4) is 0 Å². The Morgan fingerprint density at radius 1 is 1.10 bits per heavy atom. The molecule has 5 heteroatoms. The van der Waals surface area contributed by atoms with Crippen molar-refractivity contribution < 1.29 is 19.0 Å². The Morgan fingerprint density at radius 2 is 1.83 bits per heavy atom. The molecule has 0 saturated heterocycles. The molecule has 1 saturated carbocycles. The molecule has 0 bridgehead atoms. The first kappa shape index (κ1) is 21.0. The molecule has 3 unspecified atom stereocenters. The zero-order valence-corrected chi connectivity index (χ0v) is 18.2. The molecule has 30 heavy (non-hydrogen) atoms. The molecular weight excluding hydrogens is 400 g/mol. The molecule has 158 valence electrons. The molecule has 0 spiro atoms. The third kappa shape index (κ3) is 4.71. The summed E-state index contributed by atoms with van der Waals surface area (Å²) in [5.41, 5.74) is 3.11. The number of ether oxygens (including phenoxy) is 3. The molecule has 0 radical (unpaired) electrons. The summed E-state index contributed by atoms with van der Waals surface area (Å²) in [5, 5.41) is 0.716. The van der Waals surface area contributed by atoms with Gasteiger partial charge in [-0.3, -0.25) is 4.79 Å². The number of halogens is 1. The summed E-state index contributed by atoms with van der Waals surface area (Å²) in [6, 6.07) is 14.0. The van der Waals surface area contributed by atoms with Crippen molar-refractivity contribution >= 4 is 17.4 Å². The van der Waals surface area contributed by atoms with E-state index in [1.165, 1.54) is 11.8 Å². The molecule has 1 aliphatic heterocycles. The van der Waals surface area contributed by atoms with Crippen molar-refractivity contribution in [1.29, 1.82) is 0 Å². The summed E-state index contributed by atoms with van der Waals surface area (Å²) >= 11 is 6.22. The highest BCUT2D eigenvalue weighted by Gasteiger charge is 2.41. The minimum absolute atomic E-state index is 0.0132. The summed E-state index contributed by atoms with van der Waals surface area (Å²) in [4.78, 5) is 13.0. The van der Waals surface area contributed by atoms with E-state index in [1.54, 1.807) is 0 Å². The Labute approximate surface area is 182 Å². The lowest BCUT2D eigenvalue weighted by Crippen LogP contribution is -2.42. The quantitative estimate of drug-likeness (QED) is 0.605. The molecular formula is C25H27ClO4. The smallest absolute Gasteiger partial charge is 0.207 e. The highest BCUT2D eigenvalue weighted by atomic mass is 35.5. The minimum atomic E-state index is -0.173. The summed E-state index contributed by atoms with van der Waals surface area (Å²) in [7, 11) is 0. The third-order valence-corrected chi connectivity index (χ3v) is 6.49. The van der Waals surface area contributed by atoms with Crippen LogP contribution in [0.25, 0.3) is 0 Å². The average Bonchev–Trinajstić information content (AvgIpc) is 2.75. The van der Waals surface area contributed by atoms with E-state index in [9.17, 15) is 4.79 Å². The maximum atomic E-state index is 13.0. The van der Waals surface area contributed by atoms with Gasteiger partial charge in [-0.2, -0.15) is 0 Å². The molecule has 4 nitrogen and oxygen atoms in total. The number of hydrogen-bond donors (Lipinski definition) is 0. The fourth-order valence-electron chi connectivity index (χ4n) is 4.24. The predicted molar refractivity (Wildman–Crippen MR) is 117 cm³/mol. The average molecular weight is 427 g/mol. The number of carbonyl (C=O) groups is 1. The van der Waals surface area contributed by atoms with E-state index >= 15 is 0 Å². The van der Waals surface area contributed by atoms with Crippen molar-refractivity contribution in [2.45, 2.75) is 51.7 Å². The molecule has 2 aromatic carbocycles. The van der Waals surface area contributed by atoms with Crippen molar-refractivity contribution in [2.75, 3.05) is 6.61 Å². The van der Waals surface area contributed by atoms with Crippen LogP contribution in [0.4, 0.5) is 0 Å². The van der Waals surface area contributed by atoms with Crippen molar-refractivity contribution in [2.24, 2.45) is 5.92 Å². The first-order valence-electron chi connectivity index (χ1n) is 10.5. The Hall–Kier alpha value is -2.30. The molecule has 1 fully saturated rings. The minimum Gasteiger partial charge on any atom is -0.493 e. The lowest BCUT2D eigenvalue weighted by Gasteiger charge is -2.37. The number of rotatable bonds is 6. The first-order valence-corrected chi connectivity index (χ1v) is 10.9. The molecule has 1 heterocycles. The fraction of sp³-hybridized carbons (Fsp3) is 0.400. The van der Waals surface area contributed by atoms with E-state index in [1.807, 2.05) is 44.2 Å². The number of fused-ring (bicyclic) bond motifs is 1. The van der Waals surface area contributed by atoms with E-state index in [0.29, 0.717) is 17.4 Å². The van der Waals surface area contributed by atoms with Crippen molar-refractivity contribution in [1.82, 2.24) is 0 Å². The standard InChI is InChI=1S/C25H27ClO4/c1-16-12-20(13-17(2)24(16)26)30-23-15-29-22-14-19(8-9-21(22)25(23)27)28-11-10-18-6-4-3-5-7-18/h3-7,12-13,15,19,21-22H,8-11,14H2,1-2H3. The second kappa shape index (κ2) is 9.23. The van der Waals surface area contributed by atoms with Crippen LogP contribution in [0.15, 0.2) is 54.5 Å². The van der Waals surface area contributed by atoms with Crippen LogP contribution in [0.1, 0.15) is 36.0 Å². The maximum Gasteiger partial charge on any atom is 0.207 e. The zero-order valence-electron chi connectivity index (χ0n) is 17.4. The van der Waals surface area contributed by atoms with E-state index in [4.69, 9.17) is 25.8 Å². The molecule has 1 aliphatic carbocycles. The normalized spacial score (nSPS) is 23.4. The Balaban J connectivity index is 1.33. The SMILES string of the molecule is Cc1cc(OC2=COC3CC(OCCc4ccccc4)CCC3C2=O)cc(C)c1Cl. The summed E-state index contributed by atoms with van der Waals surface area (Å²) < 4.78 is 17.8. The monoisotopic (exact) mass is 426 g/mol. The van der Waals surface area contributed by atoms with Crippen LogP contribution in [0, 0.1) is 19.8 Å². The van der Waals surface area contributed by atoms with Crippen molar-refractivity contribution in [3.05, 3.63) is 76.2 Å². The van der Waals surface area contributed by atoms with Crippen LogP contribution < -0.4 is 4.74 Å². The van der Waals surface area contributed by atoms with E-state index in [2.05, 4.69) is 12.1 Å². The van der Waals surface area contributed by atoms with Crippen LogP contribution in [-0.4, -0.2) is 24.6 Å². The molecule has 2 aliphatic rings. The number of hydrogen-bond acceptors (Lipinski definition) is 4. The van der Waals surface area contributed by atoms with Crippen LogP contribution >= 0.6 is 11.6 Å². The van der Waals surface area contributed by atoms with Gasteiger partial charge in [-0.05, 0) is 61.9 Å². The van der Waals surface area contributed by atoms with Crippen LogP contribution in [0.5, 0.6) is 5.75 Å². The molecule has 0 aromatic heterocycles. The molecule has 4 rings (SSSR count). The van der Waals surface area contributed by atoms with Gasteiger partial charge in [0.2, 0.25) is 11.5 Å². The van der Waals surface area contributed by atoms with Gasteiger partial charge in [0.15, 0.2) is 0 Å². The number of Topliss-reactive ketones (excluding diaryl/α,β-unsaturated/α-hetero) is 1. The van der Waals surface area contributed by atoms with E-state index in [0.717, 1.165) is 36.8 Å². The maximum absolute atomic E-state index is 13.0. The zero-order chi connectivity index (χ0) is 21.1. The molecule has 2 aromatic rings. The van der Waals surface area contributed by atoms with E-state index in [-0.39, 0.29) is 29.7 Å². The van der Waals surface area contributed by atoms with Gasteiger partial charge in [0.1, 0.15) is 18.1 Å². The predicted octanol–water partition coefficient (Wildman–Crippen LogP) is 5.57. The molecule has 0 amide bonds. The topological polar surface area (TPSA) is 44.8 Å². The highest BCUT2D eigenvalue weighted by molar-refractivity contribution is 6.32. The van der Waals surface area contributed by atoms with Gasteiger partial charge in [0, 0.05) is 11.4 Å². The fourth-order valence-corrected chi connectivity index (χ4v) is 4.35. The van der Waals surface area contributed by atoms with Gasteiger partial charge >= 0.3 is 0 Å². The lowest BCUT2D eigenvalue weighted by molar-refractivity contribution is -0.133. The Morgan fingerprint density at radius 3 is 2.57 bits per heavy atom. The van der Waals surface area contributed by atoms with Gasteiger partial charge in [0.05, 0.1) is 18.6 Å².